The first kappa shape index (κ1) is 22.0. The van der Waals surface area contributed by atoms with Gasteiger partial charge in [0.05, 0.1) is 16.0 Å². The zero-order valence-corrected chi connectivity index (χ0v) is 17.5. The molecule has 3 rings (SSSR count). The summed E-state index contributed by atoms with van der Waals surface area (Å²) >= 11 is 0. The van der Waals surface area contributed by atoms with Crippen molar-refractivity contribution >= 4 is 32.3 Å². The van der Waals surface area contributed by atoms with Gasteiger partial charge in [0.2, 0.25) is 10.0 Å². The summed E-state index contributed by atoms with van der Waals surface area (Å²) in [7, 11) is -3.60. The van der Waals surface area contributed by atoms with Crippen molar-refractivity contribution in [1.82, 2.24) is 9.71 Å². The molecule has 30 heavy (non-hydrogen) atoms. The smallest absolute Gasteiger partial charge is 0.355 e. The third kappa shape index (κ3) is 5.09. The number of nitrogens with zero attached hydrogens (tertiary/aromatic N) is 1. The molecule has 0 saturated heterocycles. The first-order valence-corrected chi connectivity index (χ1v) is 10.8. The number of alkyl halides is 3. The number of nitrogens with one attached hydrogen (secondary N) is 2. The Balaban J connectivity index is 1.89. The van der Waals surface area contributed by atoms with Crippen LogP contribution in [0.3, 0.4) is 0 Å². The molecule has 2 aromatic carbocycles. The minimum absolute atomic E-state index is 0.138. The van der Waals surface area contributed by atoms with E-state index < -0.39 is 21.8 Å². The summed E-state index contributed by atoms with van der Waals surface area (Å²) in [6.45, 7) is 5.86. The molecule has 0 spiro atoms. The van der Waals surface area contributed by atoms with Crippen molar-refractivity contribution in [3.63, 3.8) is 0 Å². The zero-order chi connectivity index (χ0) is 22.1. The van der Waals surface area contributed by atoms with Crippen molar-refractivity contribution in [3.05, 3.63) is 59.8 Å². The molecule has 1 aromatic heterocycles. The van der Waals surface area contributed by atoms with Crippen LogP contribution in [0.25, 0.3) is 10.9 Å². The van der Waals surface area contributed by atoms with Crippen molar-refractivity contribution in [1.29, 1.82) is 0 Å². The SMILES string of the molecule is Cc1cc(Nc2ccc(S(=O)(=O)NCC(C)C)cc2)c2ccc(C(F)(F)F)cc2n1. The number of aryl methyl sites for hydroxylation is 1. The summed E-state index contributed by atoms with van der Waals surface area (Å²) in [4.78, 5) is 4.34. The van der Waals surface area contributed by atoms with E-state index in [1.807, 2.05) is 13.8 Å². The van der Waals surface area contributed by atoms with Gasteiger partial charge in [-0.2, -0.15) is 13.2 Å². The molecule has 0 bridgehead atoms. The molecule has 3 aromatic rings. The Morgan fingerprint density at radius 3 is 2.30 bits per heavy atom. The van der Waals surface area contributed by atoms with E-state index in [1.165, 1.54) is 18.2 Å². The average Bonchev–Trinajstić information content (AvgIpc) is 2.65. The Hall–Kier alpha value is -2.65. The van der Waals surface area contributed by atoms with Gasteiger partial charge in [0.15, 0.2) is 0 Å². The minimum atomic E-state index is -4.45. The number of anilines is 2. The number of fused-ring (bicyclic) bond motifs is 1. The molecule has 1 heterocycles. The van der Waals surface area contributed by atoms with Crippen LogP contribution in [0, 0.1) is 12.8 Å². The lowest BCUT2D eigenvalue weighted by molar-refractivity contribution is -0.137. The second-order valence-corrected chi connectivity index (χ2v) is 9.20. The van der Waals surface area contributed by atoms with Crippen LogP contribution in [0.5, 0.6) is 0 Å². The molecule has 160 valence electrons. The van der Waals surface area contributed by atoms with Gasteiger partial charge >= 0.3 is 6.18 Å². The number of aromatic nitrogens is 1. The Bertz CT molecular complexity index is 1160. The van der Waals surface area contributed by atoms with Gasteiger partial charge in [-0.3, -0.25) is 4.98 Å². The van der Waals surface area contributed by atoms with Gasteiger partial charge in [0.25, 0.3) is 0 Å². The molecule has 0 unspecified atom stereocenters. The molecule has 0 aliphatic heterocycles. The first-order valence-electron chi connectivity index (χ1n) is 9.31. The Morgan fingerprint density at radius 2 is 1.70 bits per heavy atom. The van der Waals surface area contributed by atoms with E-state index in [1.54, 1.807) is 25.1 Å². The normalized spacial score (nSPS) is 12.5. The van der Waals surface area contributed by atoms with E-state index in [9.17, 15) is 21.6 Å². The maximum atomic E-state index is 13.0. The van der Waals surface area contributed by atoms with Crippen LogP contribution in [-0.4, -0.2) is 19.9 Å². The van der Waals surface area contributed by atoms with Crippen molar-refractivity contribution in [2.45, 2.75) is 31.8 Å². The highest BCUT2D eigenvalue weighted by Gasteiger charge is 2.30. The summed E-state index contributed by atoms with van der Waals surface area (Å²) in [5, 5.41) is 3.67. The zero-order valence-electron chi connectivity index (χ0n) is 16.7. The standard InChI is InChI=1S/C21H22F3N3O2S/c1-13(2)12-25-30(28,29)17-7-5-16(6-8-17)27-19-10-14(3)26-20-11-15(21(22,23)24)4-9-18(19)20/h4-11,13,25H,12H2,1-3H3,(H,26,27). The van der Waals surface area contributed by atoms with Crippen molar-refractivity contribution in [3.8, 4) is 0 Å². The fraction of sp³-hybridized carbons (Fsp3) is 0.286. The summed E-state index contributed by atoms with van der Waals surface area (Å²) < 4.78 is 66.2. The lowest BCUT2D eigenvalue weighted by Crippen LogP contribution is -2.27. The van der Waals surface area contributed by atoms with E-state index >= 15 is 0 Å². The predicted octanol–water partition coefficient (Wildman–Crippen LogP) is 5.24. The van der Waals surface area contributed by atoms with Crippen molar-refractivity contribution in [2.24, 2.45) is 5.92 Å². The molecule has 0 aliphatic rings. The topological polar surface area (TPSA) is 71.1 Å². The third-order valence-corrected chi connectivity index (χ3v) is 5.83. The molecule has 2 N–H and O–H groups in total. The van der Waals surface area contributed by atoms with Crippen LogP contribution in [0.15, 0.2) is 53.4 Å². The predicted molar refractivity (Wildman–Crippen MR) is 111 cm³/mol. The summed E-state index contributed by atoms with van der Waals surface area (Å²) in [5.74, 6) is 0.182. The van der Waals surface area contributed by atoms with Gasteiger partial charge < -0.3 is 5.32 Å². The van der Waals surface area contributed by atoms with E-state index in [4.69, 9.17) is 0 Å². The van der Waals surface area contributed by atoms with Crippen LogP contribution >= 0.6 is 0 Å². The molecule has 5 nitrogen and oxygen atoms in total. The molecule has 0 amide bonds. The number of pyridine rings is 1. The van der Waals surface area contributed by atoms with Crippen molar-refractivity contribution < 1.29 is 21.6 Å². The Morgan fingerprint density at radius 1 is 1.03 bits per heavy atom. The molecule has 0 saturated carbocycles. The maximum absolute atomic E-state index is 13.0. The second-order valence-electron chi connectivity index (χ2n) is 7.44. The van der Waals surface area contributed by atoms with E-state index in [2.05, 4.69) is 15.0 Å². The Kier molecular flexibility index (Phi) is 6.05. The number of halogens is 3. The Labute approximate surface area is 173 Å². The van der Waals surface area contributed by atoms with Crippen LogP contribution in [0.4, 0.5) is 24.5 Å². The van der Waals surface area contributed by atoms with Crippen LogP contribution in [0.1, 0.15) is 25.1 Å². The van der Waals surface area contributed by atoms with Gasteiger partial charge in [0.1, 0.15) is 0 Å². The molecule has 0 atom stereocenters. The van der Waals surface area contributed by atoms with Gasteiger partial charge in [-0.15, -0.1) is 0 Å². The lowest BCUT2D eigenvalue weighted by Gasteiger charge is -2.14. The highest BCUT2D eigenvalue weighted by Crippen LogP contribution is 2.34. The van der Waals surface area contributed by atoms with E-state index in [0.29, 0.717) is 29.0 Å². The minimum Gasteiger partial charge on any atom is -0.355 e. The highest BCUT2D eigenvalue weighted by atomic mass is 32.2. The molecule has 0 radical (unpaired) electrons. The average molecular weight is 437 g/mol. The second kappa shape index (κ2) is 8.23. The van der Waals surface area contributed by atoms with Crippen LogP contribution in [0.2, 0.25) is 0 Å². The molecular formula is C21H22F3N3O2S. The molecular weight excluding hydrogens is 415 g/mol. The molecule has 0 fully saturated rings. The number of benzene rings is 2. The number of hydrogen-bond acceptors (Lipinski definition) is 4. The van der Waals surface area contributed by atoms with Gasteiger partial charge in [0, 0.05) is 29.0 Å². The summed E-state index contributed by atoms with van der Waals surface area (Å²) in [5.41, 5.74) is 1.21. The first-order chi connectivity index (χ1) is 14.0. The van der Waals surface area contributed by atoms with Crippen LogP contribution in [-0.2, 0) is 16.2 Å². The van der Waals surface area contributed by atoms with Crippen molar-refractivity contribution in [2.75, 3.05) is 11.9 Å². The number of rotatable bonds is 6. The van der Waals surface area contributed by atoms with E-state index in [-0.39, 0.29) is 16.3 Å². The lowest BCUT2D eigenvalue weighted by atomic mass is 10.1. The van der Waals surface area contributed by atoms with E-state index in [0.717, 1.165) is 12.1 Å². The highest BCUT2D eigenvalue weighted by molar-refractivity contribution is 7.89. The quantitative estimate of drug-likeness (QED) is 0.553. The fourth-order valence-corrected chi connectivity index (χ4v) is 4.09. The molecule has 0 aliphatic carbocycles. The van der Waals surface area contributed by atoms with Crippen LogP contribution < -0.4 is 10.0 Å². The fourth-order valence-electron chi connectivity index (χ4n) is 2.87. The maximum Gasteiger partial charge on any atom is 0.416 e. The monoisotopic (exact) mass is 437 g/mol. The molecule has 9 heteroatoms. The largest absolute Gasteiger partial charge is 0.416 e. The van der Waals surface area contributed by atoms with Gasteiger partial charge in [-0.05, 0) is 55.3 Å². The summed E-state index contributed by atoms with van der Waals surface area (Å²) in [6, 6.07) is 11.3. The third-order valence-electron chi connectivity index (χ3n) is 4.39. The number of hydrogen-bond donors (Lipinski definition) is 2. The number of sulfonamides is 1. The van der Waals surface area contributed by atoms with Gasteiger partial charge in [-0.25, -0.2) is 13.1 Å². The van der Waals surface area contributed by atoms with Gasteiger partial charge in [-0.1, -0.05) is 19.9 Å². The summed E-state index contributed by atoms with van der Waals surface area (Å²) in [6.07, 6.45) is -4.45.